The van der Waals surface area contributed by atoms with Gasteiger partial charge in [0, 0.05) is 5.54 Å². The van der Waals surface area contributed by atoms with Crippen LogP contribution in [0.3, 0.4) is 0 Å². The topological polar surface area (TPSA) is 55.4 Å². The number of rotatable bonds is 6. The van der Waals surface area contributed by atoms with Crippen LogP contribution in [0.25, 0.3) is 0 Å². The number of carbonyl (C=O) groups is 2. The number of hydrogen-bond acceptors (Lipinski definition) is 3. The molecule has 0 aromatic heterocycles. The molecule has 1 N–H and O–H groups in total. The molecule has 1 rings (SSSR count). The molecule has 0 aromatic carbocycles. The maximum atomic E-state index is 12.6. The first-order valence-corrected chi connectivity index (χ1v) is 7.36. The van der Waals surface area contributed by atoms with E-state index in [1.165, 1.54) is 7.11 Å². The van der Waals surface area contributed by atoms with E-state index in [9.17, 15) is 9.59 Å². The number of hydrogen-bond donors (Lipinski definition) is 1. The average molecular weight is 281 g/mol. The molecular weight excluding hydrogens is 254 g/mol. The molecule has 0 aromatic rings. The Morgan fingerprint density at radius 2 is 1.75 bits per heavy atom. The zero-order chi connectivity index (χ0) is 15.3. The summed E-state index contributed by atoms with van der Waals surface area (Å²) in [5.41, 5.74) is -0.194. The van der Waals surface area contributed by atoms with Gasteiger partial charge in [0.15, 0.2) is 0 Å². The van der Waals surface area contributed by atoms with Crippen molar-refractivity contribution in [2.24, 2.45) is 17.8 Å². The SMILES string of the molecule is COC(=O)C[C@@H](C(=O)NC1(C(C)C)CC=CC1)C(C)C. The highest BCUT2D eigenvalue weighted by molar-refractivity contribution is 5.84. The Hall–Kier alpha value is -1.32. The van der Waals surface area contributed by atoms with Crippen LogP contribution in [0, 0.1) is 17.8 Å². The fourth-order valence-electron chi connectivity index (χ4n) is 2.62. The third-order valence-electron chi connectivity index (χ3n) is 4.36. The van der Waals surface area contributed by atoms with Crippen LogP contribution in [-0.2, 0) is 14.3 Å². The molecule has 4 heteroatoms. The van der Waals surface area contributed by atoms with Gasteiger partial charge in [0.2, 0.25) is 5.91 Å². The van der Waals surface area contributed by atoms with Gasteiger partial charge in [-0.2, -0.15) is 0 Å². The van der Waals surface area contributed by atoms with Crippen LogP contribution in [-0.4, -0.2) is 24.5 Å². The molecule has 0 aliphatic heterocycles. The van der Waals surface area contributed by atoms with Crippen molar-refractivity contribution in [3.05, 3.63) is 12.2 Å². The van der Waals surface area contributed by atoms with Crippen LogP contribution >= 0.6 is 0 Å². The molecule has 1 atom stereocenters. The number of amides is 1. The van der Waals surface area contributed by atoms with E-state index in [1.54, 1.807) is 0 Å². The second-order valence-electron chi connectivity index (χ2n) is 6.31. The van der Waals surface area contributed by atoms with E-state index >= 15 is 0 Å². The lowest BCUT2D eigenvalue weighted by molar-refractivity contribution is -0.145. The highest BCUT2D eigenvalue weighted by Crippen LogP contribution is 2.32. The molecule has 20 heavy (non-hydrogen) atoms. The summed E-state index contributed by atoms with van der Waals surface area (Å²) >= 11 is 0. The molecule has 1 aliphatic carbocycles. The average Bonchev–Trinajstić information content (AvgIpc) is 2.84. The number of esters is 1. The van der Waals surface area contributed by atoms with E-state index in [0.29, 0.717) is 5.92 Å². The van der Waals surface area contributed by atoms with Gasteiger partial charge in [0.25, 0.3) is 0 Å². The molecule has 1 amide bonds. The Balaban J connectivity index is 2.77. The molecular formula is C16H27NO3. The van der Waals surface area contributed by atoms with Crippen LogP contribution in [0.1, 0.15) is 47.0 Å². The van der Waals surface area contributed by atoms with Gasteiger partial charge in [-0.3, -0.25) is 9.59 Å². The molecule has 0 bridgehead atoms. The van der Waals surface area contributed by atoms with Gasteiger partial charge in [-0.25, -0.2) is 0 Å². The van der Waals surface area contributed by atoms with E-state index in [4.69, 9.17) is 4.74 Å². The van der Waals surface area contributed by atoms with Crippen molar-refractivity contribution in [1.29, 1.82) is 0 Å². The quantitative estimate of drug-likeness (QED) is 0.601. The minimum atomic E-state index is -0.335. The van der Waals surface area contributed by atoms with Gasteiger partial charge < -0.3 is 10.1 Å². The molecule has 0 heterocycles. The first-order chi connectivity index (χ1) is 9.32. The van der Waals surface area contributed by atoms with Crippen molar-refractivity contribution in [3.63, 3.8) is 0 Å². The zero-order valence-corrected chi connectivity index (χ0v) is 13.2. The Morgan fingerprint density at radius 1 is 1.20 bits per heavy atom. The molecule has 114 valence electrons. The fourth-order valence-corrected chi connectivity index (χ4v) is 2.62. The molecule has 1 aliphatic rings. The minimum Gasteiger partial charge on any atom is -0.469 e. The second-order valence-corrected chi connectivity index (χ2v) is 6.31. The molecule has 0 spiro atoms. The predicted molar refractivity (Wildman–Crippen MR) is 79.0 cm³/mol. The van der Waals surface area contributed by atoms with Crippen molar-refractivity contribution in [2.75, 3.05) is 7.11 Å². The Morgan fingerprint density at radius 3 is 2.15 bits per heavy atom. The minimum absolute atomic E-state index is 0.0391. The smallest absolute Gasteiger partial charge is 0.306 e. The van der Waals surface area contributed by atoms with Gasteiger partial charge in [-0.1, -0.05) is 39.8 Å². The molecule has 0 saturated carbocycles. The zero-order valence-electron chi connectivity index (χ0n) is 13.2. The first kappa shape index (κ1) is 16.7. The van der Waals surface area contributed by atoms with Crippen molar-refractivity contribution in [3.8, 4) is 0 Å². The summed E-state index contributed by atoms with van der Waals surface area (Å²) in [6.45, 7) is 8.17. The number of carbonyl (C=O) groups excluding carboxylic acids is 2. The third kappa shape index (κ3) is 3.84. The van der Waals surface area contributed by atoms with Gasteiger partial charge in [0.1, 0.15) is 0 Å². The van der Waals surface area contributed by atoms with Crippen molar-refractivity contribution in [1.82, 2.24) is 5.32 Å². The van der Waals surface area contributed by atoms with Crippen molar-refractivity contribution in [2.45, 2.75) is 52.5 Å². The van der Waals surface area contributed by atoms with Crippen molar-refractivity contribution < 1.29 is 14.3 Å². The summed E-state index contributed by atoms with van der Waals surface area (Å²) in [5, 5.41) is 3.19. The van der Waals surface area contributed by atoms with Crippen LogP contribution in [0.4, 0.5) is 0 Å². The largest absolute Gasteiger partial charge is 0.469 e. The lowest BCUT2D eigenvalue weighted by Gasteiger charge is -2.36. The maximum absolute atomic E-state index is 12.6. The summed E-state index contributed by atoms with van der Waals surface area (Å²) in [6, 6.07) is 0. The Bertz CT molecular complexity index is 377. The summed E-state index contributed by atoms with van der Waals surface area (Å²) < 4.78 is 4.69. The molecule has 0 radical (unpaired) electrons. The van der Waals surface area contributed by atoms with E-state index in [0.717, 1.165) is 12.8 Å². The lowest BCUT2D eigenvalue weighted by Crippen LogP contribution is -2.53. The fraction of sp³-hybridized carbons (Fsp3) is 0.750. The highest BCUT2D eigenvalue weighted by atomic mass is 16.5. The van der Waals surface area contributed by atoms with E-state index in [-0.39, 0.29) is 35.7 Å². The van der Waals surface area contributed by atoms with Gasteiger partial charge in [-0.05, 0) is 24.7 Å². The molecule has 0 unspecified atom stereocenters. The van der Waals surface area contributed by atoms with E-state index in [2.05, 4.69) is 31.3 Å². The molecule has 0 fully saturated rings. The van der Waals surface area contributed by atoms with Crippen LogP contribution in [0.2, 0.25) is 0 Å². The van der Waals surface area contributed by atoms with Gasteiger partial charge in [0.05, 0.1) is 19.4 Å². The van der Waals surface area contributed by atoms with E-state index in [1.807, 2.05) is 13.8 Å². The Kier molecular flexibility index (Phi) is 5.78. The van der Waals surface area contributed by atoms with Crippen LogP contribution in [0.15, 0.2) is 12.2 Å². The van der Waals surface area contributed by atoms with Crippen LogP contribution < -0.4 is 5.32 Å². The summed E-state index contributed by atoms with van der Waals surface area (Å²) in [5.74, 6) is -0.247. The van der Waals surface area contributed by atoms with Crippen molar-refractivity contribution >= 4 is 11.9 Å². The van der Waals surface area contributed by atoms with Gasteiger partial charge in [-0.15, -0.1) is 0 Å². The Labute approximate surface area is 122 Å². The number of nitrogens with one attached hydrogen (secondary N) is 1. The monoisotopic (exact) mass is 281 g/mol. The highest BCUT2D eigenvalue weighted by Gasteiger charge is 2.38. The third-order valence-corrected chi connectivity index (χ3v) is 4.36. The van der Waals surface area contributed by atoms with Gasteiger partial charge >= 0.3 is 5.97 Å². The second kappa shape index (κ2) is 6.91. The molecule has 4 nitrogen and oxygen atoms in total. The molecule has 0 saturated heterocycles. The normalized spacial score (nSPS) is 18.4. The predicted octanol–water partition coefficient (Wildman–Crippen LogP) is 2.68. The number of ether oxygens (including phenoxy) is 1. The maximum Gasteiger partial charge on any atom is 0.306 e. The first-order valence-electron chi connectivity index (χ1n) is 7.36. The summed E-state index contributed by atoms with van der Waals surface area (Å²) in [6.07, 6.45) is 6.09. The standard InChI is InChI=1S/C16H27NO3/c1-11(2)13(10-14(18)20-5)15(19)17-16(12(3)4)8-6-7-9-16/h6-7,11-13H,8-10H2,1-5H3,(H,17,19)/t13-/m1/s1. The summed E-state index contributed by atoms with van der Waals surface area (Å²) in [7, 11) is 1.36. The van der Waals surface area contributed by atoms with Crippen LogP contribution in [0.5, 0.6) is 0 Å². The summed E-state index contributed by atoms with van der Waals surface area (Å²) in [4.78, 5) is 24.0. The van der Waals surface area contributed by atoms with E-state index < -0.39 is 0 Å². The number of methoxy groups -OCH3 is 1. The lowest BCUT2D eigenvalue weighted by atomic mass is 9.82.